The third kappa shape index (κ3) is 2.04. The molecule has 7 heteroatoms. The van der Waals surface area contributed by atoms with Crippen LogP contribution in [0, 0.1) is 18.3 Å². The summed E-state index contributed by atoms with van der Waals surface area (Å²) in [7, 11) is 0. The highest BCUT2D eigenvalue weighted by Gasteiger charge is 2.35. The fourth-order valence-corrected chi connectivity index (χ4v) is 2.85. The monoisotopic (exact) mass is 346 g/mol. The van der Waals surface area contributed by atoms with Crippen molar-refractivity contribution in [2.24, 2.45) is 5.73 Å². The highest BCUT2D eigenvalue weighted by molar-refractivity contribution is 9.10. The Balaban J connectivity index is 2.30. The first-order valence-corrected chi connectivity index (χ1v) is 6.93. The van der Waals surface area contributed by atoms with E-state index in [1.54, 1.807) is 18.2 Å². The zero-order chi connectivity index (χ0) is 15.1. The number of allylic oxidation sites excluding steroid dienone is 1. The summed E-state index contributed by atoms with van der Waals surface area (Å²) < 4.78 is 6.17. The van der Waals surface area contributed by atoms with Crippen LogP contribution in [-0.2, 0) is 0 Å². The number of fused-ring (bicyclic) bond motifs is 1. The van der Waals surface area contributed by atoms with E-state index >= 15 is 0 Å². The maximum Gasteiger partial charge on any atom is 0.244 e. The van der Waals surface area contributed by atoms with Crippen LogP contribution in [0.2, 0.25) is 0 Å². The van der Waals surface area contributed by atoms with Crippen molar-refractivity contribution < 1.29 is 9.84 Å². The lowest BCUT2D eigenvalue weighted by atomic mass is 9.84. The number of benzene rings is 1. The van der Waals surface area contributed by atoms with Crippen molar-refractivity contribution in [1.29, 1.82) is 5.26 Å². The Hall–Kier alpha value is -2.46. The van der Waals surface area contributed by atoms with Gasteiger partial charge in [0.1, 0.15) is 17.4 Å². The Bertz CT molecular complexity index is 804. The van der Waals surface area contributed by atoms with E-state index in [-0.39, 0.29) is 17.2 Å². The number of phenols is 1. The van der Waals surface area contributed by atoms with E-state index in [0.29, 0.717) is 17.0 Å². The highest BCUT2D eigenvalue weighted by Crippen LogP contribution is 2.45. The summed E-state index contributed by atoms with van der Waals surface area (Å²) in [6.07, 6.45) is 0. The number of H-pyrrole nitrogens is 1. The van der Waals surface area contributed by atoms with Gasteiger partial charge in [-0.05, 0) is 25.1 Å². The molecule has 0 aliphatic carbocycles. The summed E-state index contributed by atoms with van der Waals surface area (Å²) in [6.45, 7) is 1.83. The lowest BCUT2D eigenvalue weighted by Crippen LogP contribution is -2.21. The summed E-state index contributed by atoms with van der Waals surface area (Å²) in [4.78, 5) is 0. The number of halogens is 1. The first kappa shape index (κ1) is 13.5. The first-order valence-electron chi connectivity index (χ1n) is 6.13. The molecule has 6 nitrogen and oxygen atoms in total. The molecule has 0 fully saturated rings. The first-order chi connectivity index (χ1) is 10.0. The summed E-state index contributed by atoms with van der Waals surface area (Å²) in [5.74, 6) is -0.110. The molecule has 0 spiro atoms. The molecule has 21 heavy (non-hydrogen) atoms. The minimum Gasteiger partial charge on any atom is -0.508 e. The number of aromatic nitrogens is 2. The fourth-order valence-electron chi connectivity index (χ4n) is 2.47. The van der Waals surface area contributed by atoms with Crippen molar-refractivity contribution in [3.63, 3.8) is 0 Å². The molecule has 2 heterocycles. The quantitative estimate of drug-likeness (QED) is 0.734. The van der Waals surface area contributed by atoms with Gasteiger partial charge in [0, 0.05) is 21.3 Å². The molecule has 0 bridgehead atoms. The molecule has 1 aliphatic heterocycles. The molecular formula is C14H11BrN4O2. The molecule has 0 radical (unpaired) electrons. The summed E-state index contributed by atoms with van der Waals surface area (Å²) in [6, 6.07) is 7.11. The molecule has 1 atom stereocenters. The maximum absolute atomic E-state index is 10.2. The van der Waals surface area contributed by atoms with Gasteiger partial charge in [0.25, 0.3) is 0 Å². The zero-order valence-electron chi connectivity index (χ0n) is 11.0. The van der Waals surface area contributed by atoms with E-state index in [0.717, 1.165) is 10.2 Å². The van der Waals surface area contributed by atoms with Gasteiger partial charge in [0.05, 0.1) is 5.92 Å². The van der Waals surface area contributed by atoms with Crippen molar-refractivity contribution in [2.45, 2.75) is 12.8 Å². The second-order valence-corrected chi connectivity index (χ2v) is 5.61. The van der Waals surface area contributed by atoms with Gasteiger partial charge in [-0.2, -0.15) is 5.26 Å². The molecule has 1 aromatic carbocycles. The standard InChI is InChI=1S/C14H11BrN4O2/c1-6-11-12(8-4-7(15)2-3-10(8)20)9(5-16)13(17)21-14(11)19-18-6/h2-4,12,20H,17H2,1H3,(H,18,19). The van der Waals surface area contributed by atoms with Gasteiger partial charge in [-0.25, -0.2) is 0 Å². The molecule has 4 N–H and O–H groups in total. The number of nitrogens with one attached hydrogen (secondary N) is 1. The Morgan fingerprint density at radius 3 is 3.00 bits per heavy atom. The van der Waals surface area contributed by atoms with Crippen molar-refractivity contribution in [1.82, 2.24) is 10.2 Å². The predicted molar refractivity (Wildman–Crippen MR) is 78.4 cm³/mol. The number of aromatic hydroxyl groups is 1. The van der Waals surface area contributed by atoms with Crippen LogP contribution in [0.5, 0.6) is 11.6 Å². The van der Waals surface area contributed by atoms with Crippen molar-refractivity contribution >= 4 is 15.9 Å². The minimum atomic E-state index is -0.519. The summed E-state index contributed by atoms with van der Waals surface area (Å²) in [5.41, 5.74) is 8.10. The second-order valence-electron chi connectivity index (χ2n) is 4.70. The van der Waals surface area contributed by atoms with Crippen LogP contribution in [-0.4, -0.2) is 15.3 Å². The topological polar surface area (TPSA) is 108 Å². The summed E-state index contributed by atoms with van der Waals surface area (Å²) >= 11 is 3.37. The molecule has 1 unspecified atom stereocenters. The Kier molecular flexibility index (Phi) is 3.11. The fraction of sp³-hybridized carbons (Fsp3) is 0.143. The third-order valence-electron chi connectivity index (χ3n) is 3.43. The molecule has 0 saturated carbocycles. The second kappa shape index (κ2) is 4.82. The highest BCUT2D eigenvalue weighted by atomic mass is 79.9. The van der Waals surface area contributed by atoms with Gasteiger partial charge in [-0.15, -0.1) is 5.10 Å². The van der Waals surface area contributed by atoms with E-state index in [2.05, 4.69) is 32.2 Å². The number of nitriles is 1. The van der Waals surface area contributed by atoms with Crippen LogP contribution < -0.4 is 10.5 Å². The number of nitrogens with two attached hydrogens (primary N) is 1. The number of rotatable bonds is 1. The van der Waals surface area contributed by atoms with E-state index in [4.69, 9.17) is 10.5 Å². The van der Waals surface area contributed by atoms with Gasteiger partial charge in [-0.3, -0.25) is 5.10 Å². The van der Waals surface area contributed by atoms with Crippen molar-refractivity contribution in [2.75, 3.05) is 0 Å². The van der Waals surface area contributed by atoms with Crippen LogP contribution in [0.3, 0.4) is 0 Å². The molecule has 106 valence electrons. The molecule has 0 amide bonds. The molecule has 1 aromatic heterocycles. The van der Waals surface area contributed by atoms with Gasteiger partial charge < -0.3 is 15.6 Å². The van der Waals surface area contributed by atoms with Gasteiger partial charge in [0.2, 0.25) is 11.8 Å². The Labute approximate surface area is 129 Å². The van der Waals surface area contributed by atoms with Crippen LogP contribution in [0.15, 0.2) is 34.1 Å². The van der Waals surface area contributed by atoms with E-state index in [1.807, 2.05) is 6.92 Å². The van der Waals surface area contributed by atoms with Crippen molar-refractivity contribution in [3.05, 3.63) is 50.9 Å². The Morgan fingerprint density at radius 1 is 1.52 bits per heavy atom. The van der Waals surface area contributed by atoms with Gasteiger partial charge in [0.15, 0.2) is 0 Å². The van der Waals surface area contributed by atoms with Gasteiger partial charge in [-0.1, -0.05) is 15.9 Å². The number of nitrogens with zero attached hydrogens (tertiary/aromatic N) is 2. The van der Waals surface area contributed by atoms with E-state index in [1.165, 1.54) is 0 Å². The average molecular weight is 347 g/mol. The molecule has 0 saturated heterocycles. The maximum atomic E-state index is 10.2. The number of hydrogen-bond donors (Lipinski definition) is 3. The SMILES string of the molecule is Cc1[nH]nc2c1C(c1cc(Br)ccc1O)C(C#N)=C(N)O2. The lowest BCUT2D eigenvalue weighted by molar-refractivity contribution is 0.377. The number of aromatic amines is 1. The zero-order valence-corrected chi connectivity index (χ0v) is 12.6. The molecule has 2 aromatic rings. The van der Waals surface area contributed by atoms with Crippen molar-refractivity contribution in [3.8, 4) is 17.7 Å². The van der Waals surface area contributed by atoms with Gasteiger partial charge >= 0.3 is 0 Å². The largest absolute Gasteiger partial charge is 0.508 e. The predicted octanol–water partition coefficient (Wildman–Crippen LogP) is 2.40. The van der Waals surface area contributed by atoms with Crippen LogP contribution in [0.4, 0.5) is 0 Å². The molecule has 3 rings (SSSR count). The number of ether oxygens (including phenoxy) is 1. The Morgan fingerprint density at radius 2 is 2.29 bits per heavy atom. The normalized spacial score (nSPS) is 17.1. The lowest BCUT2D eigenvalue weighted by Gasteiger charge is -2.24. The average Bonchev–Trinajstić information content (AvgIpc) is 2.81. The molecular weight excluding hydrogens is 336 g/mol. The number of hydrogen-bond acceptors (Lipinski definition) is 5. The van der Waals surface area contributed by atoms with Crippen LogP contribution in [0.25, 0.3) is 0 Å². The summed E-state index contributed by atoms with van der Waals surface area (Å²) in [5, 5.41) is 26.4. The molecule has 1 aliphatic rings. The van der Waals surface area contributed by atoms with E-state index < -0.39 is 5.92 Å². The smallest absolute Gasteiger partial charge is 0.244 e. The number of phenolic OH excluding ortho intramolecular Hbond substituents is 1. The van der Waals surface area contributed by atoms with E-state index in [9.17, 15) is 10.4 Å². The van der Waals surface area contributed by atoms with Crippen LogP contribution in [0.1, 0.15) is 22.7 Å². The third-order valence-corrected chi connectivity index (χ3v) is 3.92. The minimum absolute atomic E-state index is 0.000811. The van der Waals surface area contributed by atoms with Crippen LogP contribution >= 0.6 is 15.9 Å². The number of aryl methyl sites for hydroxylation is 1.